The van der Waals surface area contributed by atoms with E-state index in [-0.39, 0.29) is 4.90 Å². The van der Waals surface area contributed by atoms with Crippen molar-refractivity contribution in [3.8, 4) is 0 Å². The highest BCUT2D eigenvalue weighted by Gasteiger charge is 2.32. The van der Waals surface area contributed by atoms with E-state index in [0.717, 1.165) is 25.8 Å². The Kier molecular flexibility index (Phi) is 4.93. The van der Waals surface area contributed by atoms with Crippen molar-refractivity contribution < 1.29 is 8.42 Å². The molecule has 0 aliphatic carbocycles. The van der Waals surface area contributed by atoms with Crippen molar-refractivity contribution in [2.24, 2.45) is 5.92 Å². The van der Waals surface area contributed by atoms with Gasteiger partial charge >= 0.3 is 0 Å². The predicted molar refractivity (Wildman–Crippen MR) is 78.0 cm³/mol. The lowest BCUT2D eigenvalue weighted by Gasteiger charge is -2.16. The molecule has 2 heterocycles. The number of aromatic nitrogens is 2. The van der Waals surface area contributed by atoms with Crippen LogP contribution in [0.4, 0.5) is 5.95 Å². The molecule has 0 aromatic carbocycles. The van der Waals surface area contributed by atoms with E-state index in [1.54, 1.807) is 4.31 Å². The van der Waals surface area contributed by atoms with Crippen molar-refractivity contribution in [3.63, 3.8) is 0 Å². The summed E-state index contributed by atoms with van der Waals surface area (Å²) in [5.74, 6) is 0.940. The van der Waals surface area contributed by atoms with Gasteiger partial charge < -0.3 is 5.32 Å². The van der Waals surface area contributed by atoms with E-state index in [0.29, 0.717) is 25.0 Å². The summed E-state index contributed by atoms with van der Waals surface area (Å²) in [5, 5.41) is 3.03. The number of hydrogen-bond acceptors (Lipinski definition) is 5. The van der Waals surface area contributed by atoms with Crippen LogP contribution in [0.2, 0.25) is 0 Å². The number of anilines is 1. The molecule has 1 aliphatic heterocycles. The van der Waals surface area contributed by atoms with Crippen LogP contribution in [0.5, 0.6) is 0 Å². The van der Waals surface area contributed by atoms with Crippen LogP contribution in [0, 0.1) is 5.92 Å². The molecule has 1 atom stereocenters. The fourth-order valence-electron chi connectivity index (χ4n) is 2.28. The van der Waals surface area contributed by atoms with Gasteiger partial charge in [-0.2, -0.15) is 4.31 Å². The largest absolute Gasteiger partial charge is 0.354 e. The first-order valence-electron chi connectivity index (χ1n) is 7.14. The molecule has 1 unspecified atom stereocenters. The zero-order valence-electron chi connectivity index (χ0n) is 12.0. The second-order valence-electron chi connectivity index (χ2n) is 5.10. The van der Waals surface area contributed by atoms with E-state index in [2.05, 4.69) is 22.2 Å². The van der Waals surface area contributed by atoms with Gasteiger partial charge in [0.05, 0.1) is 12.4 Å². The Morgan fingerprint density at radius 3 is 2.60 bits per heavy atom. The van der Waals surface area contributed by atoms with E-state index in [9.17, 15) is 8.42 Å². The van der Waals surface area contributed by atoms with Crippen LogP contribution in [0.15, 0.2) is 17.3 Å². The summed E-state index contributed by atoms with van der Waals surface area (Å²) in [5.41, 5.74) is 0. The molecule has 2 rings (SSSR count). The Labute approximate surface area is 120 Å². The van der Waals surface area contributed by atoms with Gasteiger partial charge in [-0.25, -0.2) is 18.4 Å². The zero-order valence-corrected chi connectivity index (χ0v) is 12.9. The maximum Gasteiger partial charge on any atom is 0.246 e. The minimum absolute atomic E-state index is 0.177. The Morgan fingerprint density at radius 2 is 2.05 bits per heavy atom. The van der Waals surface area contributed by atoms with Crippen molar-refractivity contribution in [1.29, 1.82) is 0 Å². The molecule has 20 heavy (non-hydrogen) atoms. The summed E-state index contributed by atoms with van der Waals surface area (Å²) < 4.78 is 26.4. The maximum absolute atomic E-state index is 12.4. The van der Waals surface area contributed by atoms with E-state index in [1.807, 2.05) is 6.92 Å². The van der Waals surface area contributed by atoms with Gasteiger partial charge in [-0.1, -0.05) is 20.3 Å². The van der Waals surface area contributed by atoms with Crippen molar-refractivity contribution in [3.05, 3.63) is 12.4 Å². The van der Waals surface area contributed by atoms with Gasteiger partial charge in [0.2, 0.25) is 16.0 Å². The molecule has 6 nitrogen and oxygen atoms in total. The lowest BCUT2D eigenvalue weighted by Crippen LogP contribution is -2.29. The average molecular weight is 298 g/mol. The van der Waals surface area contributed by atoms with Crippen LogP contribution in [0.3, 0.4) is 0 Å². The first-order chi connectivity index (χ1) is 9.57. The molecule has 7 heteroatoms. The Hall–Kier alpha value is -1.21. The highest BCUT2D eigenvalue weighted by molar-refractivity contribution is 7.89. The Bertz CT molecular complexity index is 530. The summed E-state index contributed by atoms with van der Waals surface area (Å²) in [7, 11) is -3.44. The van der Waals surface area contributed by atoms with Crippen molar-refractivity contribution >= 4 is 16.0 Å². The summed E-state index contributed by atoms with van der Waals surface area (Å²) >= 11 is 0. The molecule has 1 aromatic rings. The summed E-state index contributed by atoms with van der Waals surface area (Å²) in [4.78, 5) is 8.31. The second kappa shape index (κ2) is 6.49. The van der Waals surface area contributed by atoms with Crippen LogP contribution in [0.25, 0.3) is 0 Å². The third-order valence-corrected chi connectivity index (χ3v) is 5.44. The topological polar surface area (TPSA) is 75.2 Å². The smallest absolute Gasteiger partial charge is 0.246 e. The quantitative estimate of drug-likeness (QED) is 0.865. The predicted octanol–water partition coefficient (Wildman–Crippen LogP) is 1.72. The first kappa shape index (κ1) is 15.2. The van der Waals surface area contributed by atoms with Gasteiger partial charge in [0.25, 0.3) is 0 Å². The molecule has 1 fully saturated rings. The van der Waals surface area contributed by atoms with E-state index in [4.69, 9.17) is 0 Å². The van der Waals surface area contributed by atoms with Crippen LogP contribution in [-0.4, -0.2) is 42.3 Å². The van der Waals surface area contributed by atoms with Gasteiger partial charge in [-0.05, 0) is 18.8 Å². The summed E-state index contributed by atoms with van der Waals surface area (Å²) in [6.45, 7) is 6.11. The fourth-order valence-corrected chi connectivity index (χ4v) is 3.70. The summed E-state index contributed by atoms with van der Waals surface area (Å²) in [6.07, 6.45) is 5.70. The standard InChI is InChI=1S/C13H22N4O2S/c1-3-6-14-13-15-8-12(9-16-13)20(18,19)17-7-5-11(4-2)10-17/h8-9,11H,3-7,10H2,1-2H3,(H,14,15,16). The van der Waals surface area contributed by atoms with Gasteiger partial charge in [0.15, 0.2) is 0 Å². The zero-order chi connectivity index (χ0) is 14.6. The highest BCUT2D eigenvalue weighted by atomic mass is 32.2. The number of nitrogens with one attached hydrogen (secondary N) is 1. The van der Waals surface area contributed by atoms with E-state index >= 15 is 0 Å². The molecular formula is C13H22N4O2S. The number of hydrogen-bond donors (Lipinski definition) is 1. The minimum Gasteiger partial charge on any atom is -0.354 e. The van der Waals surface area contributed by atoms with Crippen molar-refractivity contribution in [1.82, 2.24) is 14.3 Å². The van der Waals surface area contributed by atoms with Gasteiger partial charge in [0.1, 0.15) is 4.90 Å². The SMILES string of the molecule is CCCNc1ncc(S(=O)(=O)N2CCC(CC)C2)cn1. The van der Waals surface area contributed by atoms with Gasteiger partial charge in [-0.15, -0.1) is 0 Å². The highest BCUT2D eigenvalue weighted by Crippen LogP contribution is 2.25. The molecule has 112 valence electrons. The third kappa shape index (κ3) is 3.27. The lowest BCUT2D eigenvalue weighted by molar-refractivity contribution is 0.452. The van der Waals surface area contributed by atoms with Crippen LogP contribution in [-0.2, 0) is 10.0 Å². The fraction of sp³-hybridized carbons (Fsp3) is 0.692. The molecule has 0 saturated carbocycles. The third-order valence-electron chi connectivity index (χ3n) is 3.62. The van der Waals surface area contributed by atoms with Crippen LogP contribution < -0.4 is 5.32 Å². The molecule has 0 spiro atoms. The lowest BCUT2D eigenvalue weighted by atomic mass is 10.1. The molecule has 1 aliphatic rings. The second-order valence-corrected chi connectivity index (χ2v) is 7.03. The van der Waals surface area contributed by atoms with Crippen molar-refractivity contribution in [2.75, 3.05) is 25.0 Å². The van der Waals surface area contributed by atoms with Crippen molar-refractivity contribution in [2.45, 2.75) is 38.0 Å². The van der Waals surface area contributed by atoms with Gasteiger partial charge in [-0.3, -0.25) is 0 Å². The Balaban J connectivity index is 2.10. The molecular weight excluding hydrogens is 276 g/mol. The first-order valence-corrected chi connectivity index (χ1v) is 8.58. The molecule has 0 bridgehead atoms. The molecule has 1 N–H and O–H groups in total. The minimum atomic E-state index is -3.44. The molecule has 0 radical (unpaired) electrons. The van der Waals surface area contributed by atoms with Gasteiger partial charge in [0, 0.05) is 19.6 Å². The van der Waals surface area contributed by atoms with E-state index < -0.39 is 10.0 Å². The maximum atomic E-state index is 12.4. The number of sulfonamides is 1. The monoisotopic (exact) mass is 298 g/mol. The van der Waals surface area contributed by atoms with Crippen LogP contribution in [0.1, 0.15) is 33.1 Å². The number of nitrogens with zero attached hydrogens (tertiary/aromatic N) is 3. The summed E-state index contributed by atoms with van der Waals surface area (Å²) in [6, 6.07) is 0. The van der Waals surface area contributed by atoms with E-state index in [1.165, 1.54) is 12.4 Å². The Morgan fingerprint density at radius 1 is 1.35 bits per heavy atom. The molecule has 1 aromatic heterocycles. The van der Waals surface area contributed by atoms with Crippen LogP contribution >= 0.6 is 0 Å². The normalized spacial score (nSPS) is 20.2. The molecule has 1 saturated heterocycles. The average Bonchev–Trinajstić information content (AvgIpc) is 2.95. The number of rotatable bonds is 6. The molecule has 0 amide bonds.